The second-order valence-electron chi connectivity index (χ2n) is 5.91. The van der Waals surface area contributed by atoms with Gasteiger partial charge in [-0.05, 0) is 36.4 Å². The zero-order valence-electron chi connectivity index (χ0n) is 16.0. The molecule has 0 saturated heterocycles. The Labute approximate surface area is 163 Å². The highest BCUT2D eigenvalue weighted by atomic mass is 16.7. The van der Waals surface area contributed by atoms with E-state index in [4.69, 9.17) is 14.2 Å². The number of rotatable bonds is 8. The maximum atomic E-state index is 12.2. The van der Waals surface area contributed by atoms with Gasteiger partial charge < -0.3 is 19.5 Å². The van der Waals surface area contributed by atoms with Gasteiger partial charge in [0.05, 0.1) is 36.8 Å². The van der Waals surface area contributed by atoms with Crippen molar-refractivity contribution in [2.24, 2.45) is 0 Å². The van der Waals surface area contributed by atoms with Crippen LogP contribution < -0.4 is 10.1 Å². The topological polar surface area (TPSA) is 87.5 Å². The van der Waals surface area contributed by atoms with Crippen LogP contribution in [0.2, 0.25) is 0 Å². The van der Waals surface area contributed by atoms with E-state index < -0.39 is 6.29 Å². The van der Waals surface area contributed by atoms with Crippen LogP contribution >= 0.6 is 0 Å². The number of nitrogens with one attached hydrogen (secondary N) is 1. The summed E-state index contributed by atoms with van der Waals surface area (Å²) in [4.78, 5) is 16.6. The first-order valence-electron chi connectivity index (χ1n) is 8.64. The molecule has 1 amide bonds. The minimum absolute atomic E-state index is 0.243. The van der Waals surface area contributed by atoms with Crippen molar-refractivity contribution in [2.45, 2.75) is 6.29 Å². The van der Waals surface area contributed by atoms with E-state index in [0.717, 1.165) is 22.7 Å². The number of carbonyl (C=O) groups excluding carboxylic acids is 1. The largest absolute Gasteiger partial charge is 0.497 e. The van der Waals surface area contributed by atoms with Crippen LogP contribution in [0.3, 0.4) is 0 Å². The molecule has 8 heteroatoms. The zero-order chi connectivity index (χ0) is 19.9. The number of pyridine rings is 1. The van der Waals surface area contributed by atoms with Gasteiger partial charge in [0.2, 0.25) is 0 Å². The number of aromatic nitrogens is 3. The van der Waals surface area contributed by atoms with Crippen LogP contribution in [0.15, 0.2) is 55.0 Å². The van der Waals surface area contributed by atoms with Gasteiger partial charge >= 0.3 is 0 Å². The van der Waals surface area contributed by atoms with Crippen LogP contribution in [0.1, 0.15) is 10.4 Å². The van der Waals surface area contributed by atoms with Gasteiger partial charge in [-0.25, -0.2) is 4.68 Å². The molecule has 2 aromatic heterocycles. The van der Waals surface area contributed by atoms with Crippen molar-refractivity contribution in [3.63, 3.8) is 0 Å². The lowest BCUT2D eigenvalue weighted by molar-refractivity contribution is -0.0974. The van der Waals surface area contributed by atoms with Crippen LogP contribution in [0.5, 0.6) is 5.75 Å². The molecule has 2 heterocycles. The Morgan fingerprint density at radius 2 is 1.82 bits per heavy atom. The number of hydrogen-bond acceptors (Lipinski definition) is 6. The van der Waals surface area contributed by atoms with E-state index in [1.807, 2.05) is 30.5 Å². The number of benzene rings is 1. The van der Waals surface area contributed by atoms with Gasteiger partial charge in [-0.15, -0.1) is 0 Å². The normalized spacial score (nSPS) is 10.9. The molecule has 1 aromatic carbocycles. The van der Waals surface area contributed by atoms with E-state index in [1.165, 1.54) is 20.4 Å². The summed E-state index contributed by atoms with van der Waals surface area (Å²) in [5.74, 6) is 0.543. The Morgan fingerprint density at radius 3 is 2.43 bits per heavy atom. The fraction of sp³-hybridized carbons (Fsp3) is 0.250. The molecule has 146 valence electrons. The highest BCUT2D eigenvalue weighted by Gasteiger charge is 2.11. The van der Waals surface area contributed by atoms with Crippen LogP contribution in [-0.2, 0) is 9.47 Å². The molecular formula is C20H22N4O4. The van der Waals surface area contributed by atoms with Gasteiger partial charge in [-0.1, -0.05) is 0 Å². The molecule has 0 spiro atoms. The van der Waals surface area contributed by atoms with E-state index in [2.05, 4.69) is 15.4 Å². The quantitative estimate of drug-likeness (QED) is 0.602. The second-order valence-corrected chi connectivity index (χ2v) is 5.91. The molecule has 1 N–H and O–H groups in total. The SMILES string of the molecule is COc1ccc(-n2cc(-c3ccc(C(=O)NCC(OC)OC)cn3)cn2)cc1. The number of amides is 1. The highest BCUT2D eigenvalue weighted by Crippen LogP contribution is 2.20. The van der Waals surface area contributed by atoms with E-state index >= 15 is 0 Å². The smallest absolute Gasteiger partial charge is 0.253 e. The molecule has 8 nitrogen and oxygen atoms in total. The van der Waals surface area contributed by atoms with Crippen molar-refractivity contribution in [3.8, 4) is 22.7 Å². The summed E-state index contributed by atoms with van der Waals surface area (Å²) in [5.41, 5.74) is 2.94. The first-order chi connectivity index (χ1) is 13.6. The van der Waals surface area contributed by atoms with Crippen molar-refractivity contribution in [3.05, 3.63) is 60.6 Å². The van der Waals surface area contributed by atoms with Gasteiger partial charge in [0.25, 0.3) is 5.91 Å². The lowest BCUT2D eigenvalue weighted by atomic mass is 10.2. The number of methoxy groups -OCH3 is 3. The van der Waals surface area contributed by atoms with Crippen molar-refractivity contribution in [2.75, 3.05) is 27.9 Å². The minimum Gasteiger partial charge on any atom is -0.497 e. The van der Waals surface area contributed by atoms with Gasteiger partial charge in [0.15, 0.2) is 6.29 Å². The average Bonchev–Trinajstić information content (AvgIpc) is 3.25. The summed E-state index contributed by atoms with van der Waals surface area (Å²) in [6, 6.07) is 11.1. The summed E-state index contributed by atoms with van der Waals surface area (Å²) >= 11 is 0. The first-order valence-corrected chi connectivity index (χ1v) is 8.64. The molecule has 0 radical (unpaired) electrons. The minimum atomic E-state index is -0.486. The third kappa shape index (κ3) is 4.54. The zero-order valence-corrected chi connectivity index (χ0v) is 16.0. The molecule has 28 heavy (non-hydrogen) atoms. The Hall–Kier alpha value is -3.23. The maximum Gasteiger partial charge on any atom is 0.253 e. The number of ether oxygens (including phenoxy) is 3. The van der Waals surface area contributed by atoms with Crippen molar-refractivity contribution in [1.29, 1.82) is 0 Å². The van der Waals surface area contributed by atoms with Crippen LogP contribution in [-0.4, -0.2) is 54.8 Å². The molecule has 0 atom stereocenters. The number of hydrogen-bond donors (Lipinski definition) is 1. The fourth-order valence-electron chi connectivity index (χ4n) is 2.57. The Kier molecular flexibility index (Phi) is 6.36. The Morgan fingerprint density at radius 1 is 1.07 bits per heavy atom. The van der Waals surface area contributed by atoms with E-state index in [1.54, 1.807) is 30.1 Å². The predicted molar refractivity (Wildman–Crippen MR) is 103 cm³/mol. The highest BCUT2D eigenvalue weighted by molar-refractivity contribution is 5.94. The molecule has 0 fully saturated rings. The van der Waals surface area contributed by atoms with Crippen molar-refractivity contribution >= 4 is 5.91 Å². The standard InChI is InChI=1S/C20H22N4O4/c1-26-17-7-5-16(6-8-17)24-13-15(11-23-24)18-9-4-14(10-21-18)20(25)22-12-19(27-2)28-3/h4-11,13,19H,12H2,1-3H3,(H,22,25). The van der Waals surface area contributed by atoms with Gasteiger partial charge in [0.1, 0.15) is 5.75 Å². The summed E-state index contributed by atoms with van der Waals surface area (Å²) in [7, 11) is 4.66. The maximum absolute atomic E-state index is 12.2. The summed E-state index contributed by atoms with van der Waals surface area (Å²) in [6.07, 6.45) is 4.66. The lowest BCUT2D eigenvalue weighted by Gasteiger charge is -2.13. The molecule has 3 rings (SSSR count). The monoisotopic (exact) mass is 382 g/mol. The molecular weight excluding hydrogens is 360 g/mol. The van der Waals surface area contributed by atoms with Gasteiger partial charge in [0, 0.05) is 32.2 Å². The third-order valence-electron chi connectivity index (χ3n) is 4.20. The fourth-order valence-corrected chi connectivity index (χ4v) is 2.57. The molecule has 0 aliphatic heterocycles. The number of nitrogens with zero attached hydrogens (tertiary/aromatic N) is 3. The summed E-state index contributed by atoms with van der Waals surface area (Å²) in [5, 5.41) is 7.11. The lowest BCUT2D eigenvalue weighted by Crippen LogP contribution is -2.34. The third-order valence-corrected chi connectivity index (χ3v) is 4.20. The van der Waals surface area contributed by atoms with Crippen LogP contribution in [0.4, 0.5) is 0 Å². The Balaban J connectivity index is 1.68. The molecule has 0 unspecified atom stereocenters. The molecule has 0 saturated carbocycles. The first kappa shape index (κ1) is 19.5. The van der Waals surface area contributed by atoms with Gasteiger partial charge in [-0.2, -0.15) is 5.10 Å². The van der Waals surface area contributed by atoms with Crippen molar-refractivity contribution < 1.29 is 19.0 Å². The molecule has 0 aliphatic rings. The predicted octanol–water partition coefficient (Wildman–Crippen LogP) is 2.29. The van der Waals surface area contributed by atoms with Crippen molar-refractivity contribution in [1.82, 2.24) is 20.1 Å². The molecule has 0 bridgehead atoms. The van der Waals surface area contributed by atoms with Gasteiger partial charge in [-0.3, -0.25) is 9.78 Å². The van der Waals surface area contributed by atoms with E-state index in [9.17, 15) is 4.79 Å². The average molecular weight is 382 g/mol. The summed E-state index contributed by atoms with van der Waals surface area (Å²) < 4.78 is 17.0. The number of carbonyl (C=O) groups is 1. The second kappa shape index (κ2) is 9.12. The Bertz CT molecular complexity index is 903. The van der Waals surface area contributed by atoms with E-state index in [-0.39, 0.29) is 12.5 Å². The summed E-state index contributed by atoms with van der Waals surface area (Å²) in [6.45, 7) is 0.252. The molecule has 3 aromatic rings. The van der Waals surface area contributed by atoms with Crippen LogP contribution in [0, 0.1) is 0 Å². The molecule has 0 aliphatic carbocycles. The van der Waals surface area contributed by atoms with E-state index in [0.29, 0.717) is 5.56 Å². The van der Waals surface area contributed by atoms with Crippen LogP contribution in [0.25, 0.3) is 16.9 Å².